The number of carboxylic acids is 1. The lowest BCUT2D eigenvalue weighted by Crippen LogP contribution is -2.16. The summed E-state index contributed by atoms with van der Waals surface area (Å²) in [4.78, 5) is 27.1. The third-order valence-electron chi connectivity index (χ3n) is 2.43. The van der Waals surface area contributed by atoms with Gasteiger partial charge < -0.3 is 10.4 Å². The zero-order valence-corrected chi connectivity index (χ0v) is 12.3. The van der Waals surface area contributed by atoms with Crippen LogP contribution in [0.5, 0.6) is 0 Å². The summed E-state index contributed by atoms with van der Waals surface area (Å²) in [6.07, 6.45) is 0. The molecule has 20 heavy (non-hydrogen) atoms. The van der Waals surface area contributed by atoms with Crippen LogP contribution in [0.4, 0.5) is 5.69 Å². The summed E-state index contributed by atoms with van der Waals surface area (Å²) in [5.74, 6) is -1.72. The number of carbonyl (C=O) groups excluding carboxylic acids is 1. The third kappa shape index (κ3) is 3.15. The van der Waals surface area contributed by atoms with E-state index in [0.717, 1.165) is 0 Å². The number of rotatable bonds is 3. The molecule has 1 aromatic carbocycles. The van der Waals surface area contributed by atoms with Gasteiger partial charge in [-0.2, -0.15) is 0 Å². The van der Waals surface area contributed by atoms with Gasteiger partial charge in [0.2, 0.25) is 0 Å². The molecule has 102 valence electrons. The van der Waals surface area contributed by atoms with Gasteiger partial charge in [-0.1, -0.05) is 23.7 Å². The maximum absolute atomic E-state index is 12.0. The van der Waals surface area contributed by atoms with Crippen LogP contribution >= 0.6 is 27.5 Å². The molecule has 0 radical (unpaired) electrons. The highest BCUT2D eigenvalue weighted by atomic mass is 79.9. The number of aromatic nitrogens is 1. The van der Waals surface area contributed by atoms with Crippen molar-refractivity contribution in [3.8, 4) is 0 Å². The van der Waals surface area contributed by atoms with Gasteiger partial charge in [0.05, 0.1) is 16.3 Å². The number of nitrogens with zero attached hydrogens (tertiary/aromatic N) is 1. The Labute approximate surface area is 127 Å². The largest absolute Gasteiger partial charge is 0.478 e. The lowest BCUT2D eigenvalue weighted by molar-refractivity contribution is 0.0698. The van der Waals surface area contributed by atoms with Crippen molar-refractivity contribution in [1.29, 1.82) is 0 Å². The summed E-state index contributed by atoms with van der Waals surface area (Å²) in [6, 6.07) is 9.19. The number of hydrogen-bond donors (Lipinski definition) is 2. The third-order valence-corrected chi connectivity index (χ3v) is 3.19. The molecule has 0 aliphatic heterocycles. The molecule has 5 nitrogen and oxygen atoms in total. The molecular weight excluding hydrogens is 348 g/mol. The van der Waals surface area contributed by atoms with E-state index in [-0.39, 0.29) is 22.0 Å². The Bertz CT molecular complexity index is 691. The van der Waals surface area contributed by atoms with Crippen LogP contribution in [0.15, 0.2) is 41.0 Å². The molecule has 1 heterocycles. The van der Waals surface area contributed by atoms with Crippen LogP contribution in [0, 0.1) is 0 Å². The van der Waals surface area contributed by atoms with Crippen molar-refractivity contribution in [2.75, 3.05) is 5.32 Å². The molecule has 2 N–H and O–H groups in total. The number of aromatic carboxylic acids is 1. The Kier molecular flexibility index (Phi) is 4.36. The zero-order chi connectivity index (χ0) is 14.7. The minimum atomic E-state index is -1.18. The lowest BCUT2D eigenvalue weighted by Gasteiger charge is -2.10. The Balaban J connectivity index is 2.35. The van der Waals surface area contributed by atoms with Gasteiger partial charge in [0, 0.05) is 0 Å². The summed E-state index contributed by atoms with van der Waals surface area (Å²) in [5.41, 5.74) is 0.116. The number of anilines is 1. The highest BCUT2D eigenvalue weighted by Crippen LogP contribution is 2.26. The van der Waals surface area contributed by atoms with Gasteiger partial charge >= 0.3 is 5.97 Å². The molecule has 0 fully saturated rings. The summed E-state index contributed by atoms with van der Waals surface area (Å²) in [6.45, 7) is 0. The first kappa shape index (κ1) is 14.5. The number of carbonyl (C=O) groups is 2. The minimum Gasteiger partial charge on any atom is -0.478 e. The summed E-state index contributed by atoms with van der Waals surface area (Å²) in [7, 11) is 0. The normalized spacial score (nSPS) is 10.1. The summed E-state index contributed by atoms with van der Waals surface area (Å²) in [5, 5.41) is 11.7. The second kappa shape index (κ2) is 6.02. The van der Waals surface area contributed by atoms with Crippen LogP contribution in [-0.2, 0) is 0 Å². The molecule has 0 aliphatic carbocycles. The van der Waals surface area contributed by atoms with Crippen molar-refractivity contribution < 1.29 is 14.7 Å². The number of hydrogen-bond acceptors (Lipinski definition) is 3. The number of benzene rings is 1. The van der Waals surface area contributed by atoms with Gasteiger partial charge in [-0.05, 0) is 40.2 Å². The molecule has 0 aliphatic rings. The fraction of sp³-hybridized carbons (Fsp3) is 0. The monoisotopic (exact) mass is 354 g/mol. The number of nitrogens with one attached hydrogen (secondary N) is 1. The van der Waals surface area contributed by atoms with Crippen LogP contribution < -0.4 is 5.32 Å². The Morgan fingerprint density at radius 1 is 1.20 bits per heavy atom. The van der Waals surface area contributed by atoms with E-state index in [0.29, 0.717) is 4.60 Å². The molecule has 1 amide bonds. The summed E-state index contributed by atoms with van der Waals surface area (Å²) < 4.78 is 0.503. The van der Waals surface area contributed by atoms with Crippen molar-refractivity contribution in [3.05, 3.63) is 57.3 Å². The van der Waals surface area contributed by atoms with E-state index < -0.39 is 11.9 Å². The highest BCUT2D eigenvalue weighted by molar-refractivity contribution is 9.10. The Morgan fingerprint density at radius 2 is 1.90 bits per heavy atom. The van der Waals surface area contributed by atoms with Crippen LogP contribution in [0.1, 0.15) is 20.8 Å². The Morgan fingerprint density at radius 3 is 2.55 bits per heavy atom. The zero-order valence-electron chi connectivity index (χ0n) is 9.93. The molecule has 0 atom stereocenters. The lowest BCUT2D eigenvalue weighted by atomic mass is 10.1. The fourth-order valence-corrected chi connectivity index (χ4v) is 2.11. The van der Waals surface area contributed by atoms with E-state index in [2.05, 4.69) is 26.2 Å². The van der Waals surface area contributed by atoms with Crippen molar-refractivity contribution in [2.24, 2.45) is 0 Å². The van der Waals surface area contributed by atoms with Crippen LogP contribution in [0.2, 0.25) is 5.02 Å². The predicted molar refractivity (Wildman–Crippen MR) is 78.3 cm³/mol. The molecule has 0 unspecified atom stereocenters. The molecular formula is C13H8BrClN2O3. The van der Waals surface area contributed by atoms with Crippen molar-refractivity contribution >= 4 is 45.1 Å². The number of carboxylic acid groups (broad SMARTS) is 1. The van der Waals surface area contributed by atoms with Crippen molar-refractivity contribution in [3.63, 3.8) is 0 Å². The number of pyridine rings is 1. The van der Waals surface area contributed by atoms with E-state index in [9.17, 15) is 9.59 Å². The van der Waals surface area contributed by atoms with E-state index in [4.69, 9.17) is 16.7 Å². The quantitative estimate of drug-likeness (QED) is 0.827. The first-order valence-electron chi connectivity index (χ1n) is 5.45. The average Bonchev–Trinajstić information content (AvgIpc) is 2.40. The van der Waals surface area contributed by atoms with Crippen molar-refractivity contribution in [1.82, 2.24) is 4.98 Å². The second-order valence-corrected chi connectivity index (χ2v) is 4.99. The van der Waals surface area contributed by atoms with E-state index in [1.54, 1.807) is 12.1 Å². The summed E-state index contributed by atoms with van der Waals surface area (Å²) >= 11 is 9.09. The van der Waals surface area contributed by atoms with Gasteiger partial charge in [0.25, 0.3) is 5.91 Å². The van der Waals surface area contributed by atoms with Gasteiger partial charge in [-0.3, -0.25) is 4.79 Å². The van der Waals surface area contributed by atoms with Gasteiger partial charge in [0.1, 0.15) is 10.3 Å². The van der Waals surface area contributed by atoms with Gasteiger partial charge in [0.15, 0.2) is 0 Å². The second-order valence-electron chi connectivity index (χ2n) is 3.77. The molecule has 2 rings (SSSR count). The van der Waals surface area contributed by atoms with Gasteiger partial charge in [-0.15, -0.1) is 0 Å². The van der Waals surface area contributed by atoms with Crippen LogP contribution in [0.3, 0.4) is 0 Å². The van der Waals surface area contributed by atoms with E-state index in [1.807, 2.05) is 0 Å². The molecule has 0 saturated heterocycles. The fourth-order valence-electron chi connectivity index (χ4n) is 1.54. The first-order chi connectivity index (χ1) is 9.49. The van der Waals surface area contributed by atoms with Crippen LogP contribution in [0.25, 0.3) is 0 Å². The maximum atomic E-state index is 12.0. The van der Waals surface area contributed by atoms with E-state index >= 15 is 0 Å². The van der Waals surface area contributed by atoms with Crippen molar-refractivity contribution in [2.45, 2.75) is 0 Å². The highest BCUT2D eigenvalue weighted by Gasteiger charge is 2.17. The van der Waals surface area contributed by atoms with Crippen LogP contribution in [-0.4, -0.2) is 22.0 Å². The molecule has 0 bridgehead atoms. The molecule has 1 aromatic heterocycles. The molecule has 2 aromatic rings. The molecule has 7 heteroatoms. The smallest absolute Gasteiger partial charge is 0.337 e. The maximum Gasteiger partial charge on any atom is 0.337 e. The molecule has 0 saturated carbocycles. The Hall–Kier alpha value is -1.92. The SMILES string of the molecule is O=C(Nc1c(Cl)cccc1C(=O)O)c1cccc(Br)n1. The number of para-hydroxylation sites is 1. The number of halogens is 2. The predicted octanol–water partition coefficient (Wildman–Crippen LogP) is 3.45. The first-order valence-corrected chi connectivity index (χ1v) is 6.62. The topological polar surface area (TPSA) is 79.3 Å². The minimum absolute atomic E-state index is 0.0495. The van der Waals surface area contributed by atoms with E-state index in [1.165, 1.54) is 24.3 Å². The van der Waals surface area contributed by atoms with Gasteiger partial charge in [-0.25, -0.2) is 9.78 Å². The standard InChI is InChI=1S/C13H8BrClN2O3/c14-10-6-2-5-9(16-10)12(18)17-11-7(13(19)20)3-1-4-8(11)15/h1-6H,(H,17,18)(H,19,20). The average molecular weight is 356 g/mol. The molecule has 0 spiro atoms. The number of amides is 1.